The van der Waals surface area contributed by atoms with Gasteiger partial charge in [-0.25, -0.2) is 0 Å². The zero-order valence-corrected chi connectivity index (χ0v) is 10.1. The van der Waals surface area contributed by atoms with Crippen molar-refractivity contribution < 1.29 is 12.4 Å². The average molecular weight is 192 g/mol. The summed E-state index contributed by atoms with van der Waals surface area (Å²) in [5, 5.41) is 4.76. The normalized spacial score (nSPS) is 9.00. The molecule has 0 bridgehead atoms. The van der Waals surface area contributed by atoms with Crippen LogP contribution in [0, 0.1) is 0 Å². The van der Waals surface area contributed by atoms with Crippen LogP contribution < -0.4 is 12.4 Å². The molecule has 0 rings (SSSR count). The minimum absolute atomic E-state index is 0. The molecule has 0 saturated heterocycles. The second-order valence-corrected chi connectivity index (χ2v) is 6.70. The first kappa shape index (κ1) is 14.4. The van der Waals surface area contributed by atoms with E-state index < -0.39 is 0 Å². The highest BCUT2D eigenvalue weighted by molar-refractivity contribution is 6.58. The number of halogens is 1. The molecule has 2 heteroatoms. The lowest BCUT2D eigenvalue weighted by molar-refractivity contribution is -0.00000240. The van der Waals surface area contributed by atoms with Crippen LogP contribution in [0.15, 0.2) is 0 Å². The Balaban J connectivity index is 0. The second kappa shape index (κ2) is 10.8. The fourth-order valence-electron chi connectivity index (χ4n) is 1.66. The van der Waals surface area contributed by atoms with Crippen LogP contribution in [0.2, 0.25) is 15.8 Å². The van der Waals surface area contributed by atoms with Gasteiger partial charge in [0.05, 0.1) is 0 Å². The van der Waals surface area contributed by atoms with Crippen molar-refractivity contribution in [3.8, 4) is 0 Å². The van der Waals surface area contributed by atoms with Gasteiger partial charge in [-0.05, 0) is 0 Å². The molecular weight excluding hydrogens is 171 g/mol. The van der Waals surface area contributed by atoms with Crippen molar-refractivity contribution in [1.82, 2.24) is 0 Å². The molecule has 0 aromatic carbocycles. The monoisotopic (exact) mass is 191 g/mol. The molecule has 0 N–H and O–H groups in total. The first-order chi connectivity index (χ1) is 4.85. The van der Waals surface area contributed by atoms with E-state index in [9.17, 15) is 0 Å². The minimum Gasteiger partial charge on any atom is -1.00 e. The van der Waals surface area contributed by atoms with Crippen molar-refractivity contribution >= 4 is 14.1 Å². The van der Waals surface area contributed by atoms with Crippen LogP contribution in [0.1, 0.15) is 40.0 Å². The molecular formula is C9H21AlCl-. The van der Waals surface area contributed by atoms with Crippen molar-refractivity contribution in [3.05, 3.63) is 0 Å². The summed E-state index contributed by atoms with van der Waals surface area (Å²) in [6.07, 6.45) is 4.28. The van der Waals surface area contributed by atoms with E-state index in [1.807, 2.05) is 0 Å². The molecule has 0 radical (unpaired) electrons. The maximum atomic E-state index is 2.32. The molecule has 0 nitrogen and oxygen atoms in total. The molecule has 0 heterocycles. The predicted octanol–water partition coefficient (Wildman–Crippen LogP) is 0.715. The molecule has 0 aliphatic carbocycles. The fraction of sp³-hybridized carbons (Fsp3) is 1.00. The van der Waals surface area contributed by atoms with Crippen LogP contribution in [-0.4, -0.2) is 14.1 Å². The first-order valence-electron chi connectivity index (χ1n) is 4.85. The van der Waals surface area contributed by atoms with Gasteiger partial charge in [-0.1, -0.05) is 55.9 Å². The second-order valence-electron chi connectivity index (χ2n) is 3.23. The average Bonchev–Trinajstić information content (AvgIpc) is 1.90. The lowest BCUT2D eigenvalue weighted by Gasteiger charge is -2.06. The van der Waals surface area contributed by atoms with E-state index in [1.54, 1.807) is 15.8 Å². The van der Waals surface area contributed by atoms with Gasteiger partial charge in [0.2, 0.25) is 0 Å². The van der Waals surface area contributed by atoms with Gasteiger partial charge in [0, 0.05) is 0 Å². The maximum Gasteiger partial charge on any atom is 0.261 e. The Morgan fingerprint density at radius 1 is 0.727 bits per heavy atom. The summed E-state index contributed by atoms with van der Waals surface area (Å²) in [4.78, 5) is 0. The lowest BCUT2D eigenvalue weighted by atomic mass is 10.5. The summed E-state index contributed by atoms with van der Waals surface area (Å²) >= 11 is -0.234. The Bertz CT molecular complexity index is 52.3. The fourth-order valence-corrected chi connectivity index (χ4v) is 4.97. The van der Waals surface area contributed by atoms with E-state index in [2.05, 4.69) is 20.8 Å². The SMILES string of the molecule is CC[CH2][Al]([CH2]CC)[CH2]CC.[Cl-]. The van der Waals surface area contributed by atoms with E-state index in [0.29, 0.717) is 0 Å². The summed E-state index contributed by atoms with van der Waals surface area (Å²) in [5.74, 6) is 0. The summed E-state index contributed by atoms with van der Waals surface area (Å²) in [6.45, 7) is 6.97. The van der Waals surface area contributed by atoms with Gasteiger partial charge < -0.3 is 12.4 Å². The van der Waals surface area contributed by atoms with E-state index in [4.69, 9.17) is 0 Å². The van der Waals surface area contributed by atoms with Gasteiger partial charge in [0.15, 0.2) is 0 Å². The molecule has 0 aromatic heterocycles. The first-order valence-corrected chi connectivity index (χ1v) is 7.30. The smallest absolute Gasteiger partial charge is 0.261 e. The van der Waals surface area contributed by atoms with Crippen LogP contribution in [0.4, 0.5) is 0 Å². The van der Waals surface area contributed by atoms with Crippen molar-refractivity contribution in [1.29, 1.82) is 0 Å². The Kier molecular flexibility index (Phi) is 14.1. The Morgan fingerprint density at radius 3 is 1.18 bits per heavy atom. The third-order valence-electron chi connectivity index (χ3n) is 2.09. The van der Waals surface area contributed by atoms with Crippen molar-refractivity contribution in [2.45, 2.75) is 55.9 Å². The summed E-state index contributed by atoms with van der Waals surface area (Å²) < 4.78 is 0. The standard InChI is InChI=1S/3C3H7.Al.ClH/c3*1-3-2;;/h3*1,3H2,2H3;;1H/p-1. The number of hydrogen-bond donors (Lipinski definition) is 0. The maximum absolute atomic E-state index is 2.32. The summed E-state index contributed by atoms with van der Waals surface area (Å²) in [6, 6.07) is 0. The van der Waals surface area contributed by atoms with E-state index in [-0.39, 0.29) is 26.6 Å². The van der Waals surface area contributed by atoms with Gasteiger partial charge in [-0.3, -0.25) is 0 Å². The zero-order chi connectivity index (χ0) is 7.82. The topological polar surface area (TPSA) is 0 Å². The molecule has 0 saturated carbocycles. The van der Waals surface area contributed by atoms with Crippen LogP contribution in [-0.2, 0) is 0 Å². The van der Waals surface area contributed by atoms with Gasteiger partial charge in [-0.2, -0.15) is 0 Å². The van der Waals surface area contributed by atoms with Crippen LogP contribution in [0.25, 0.3) is 0 Å². The Labute approximate surface area is 82.6 Å². The van der Waals surface area contributed by atoms with E-state index in [1.165, 1.54) is 19.3 Å². The van der Waals surface area contributed by atoms with Crippen molar-refractivity contribution in [2.24, 2.45) is 0 Å². The molecule has 0 fully saturated rings. The van der Waals surface area contributed by atoms with E-state index >= 15 is 0 Å². The molecule has 11 heavy (non-hydrogen) atoms. The highest BCUT2D eigenvalue weighted by atomic mass is 35.5. The van der Waals surface area contributed by atoms with Gasteiger partial charge in [0.1, 0.15) is 0 Å². The predicted molar refractivity (Wildman–Crippen MR) is 51.0 cm³/mol. The van der Waals surface area contributed by atoms with Crippen molar-refractivity contribution in [3.63, 3.8) is 0 Å². The lowest BCUT2D eigenvalue weighted by Crippen LogP contribution is -3.00. The molecule has 0 unspecified atom stereocenters. The van der Waals surface area contributed by atoms with E-state index in [0.717, 1.165) is 0 Å². The van der Waals surface area contributed by atoms with Gasteiger partial charge >= 0.3 is 0 Å². The molecule has 0 aliphatic heterocycles. The van der Waals surface area contributed by atoms with Crippen molar-refractivity contribution in [2.75, 3.05) is 0 Å². The molecule has 0 aromatic rings. The third kappa shape index (κ3) is 8.73. The highest BCUT2D eigenvalue weighted by Gasteiger charge is 2.11. The van der Waals surface area contributed by atoms with Gasteiger partial charge in [-0.15, -0.1) is 0 Å². The Hall–Kier alpha value is 0.822. The molecule has 0 spiro atoms. The van der Waals surface area contributed by atoms with Crippen LogP contribution in [0.3, 0.4) is 0 Å². The third-order valence-corrected chi connectivity index (χ3v) is 6.27. The highest BCUT2D eigenvalue weighted by Crippen LogP contribution is 2.11. The number of hydrogen-bond acceptors (Lipinski definition) is 0. The molecule has 0 amide bonds. The van der Waals surface area contributed by atoms with Gasteiger partial charge in [0.25, 0.3) is 14.1 Å². The molecule has 0 aliphatic rings. The quantitative estimate of drug-likeness (QED) is 0.543. The zero-order valence-electron chi connectivity index (χ0n) is 8.20. The summed E-state index contributed by atoms with van der Waals surface area (Å²) in [5.41, 5.74) is 0. The van der Waals surface area contributed by atoms with Crippen LogP contribution >= 0.6 is 0 Å². The largest absolute Gasteiger partial charge is 1.00 e. The number of rotatable bonds is 6. The Morgan fingerprint density at radius 2 is 1.00 bits per heavy atom. The summed E-state index contributed by atoms with van der Waals surface area (Å²) in [7, 11) is 0. The van der Waals surface area contributed by atoms with Crippen LogP contribution in [0.5, 0.6) is 0 Å². The molecule has 0 atom stereocenters. The molecule has 68 valence electrons. The minimum atomic E-state index is -0.234.